The van der Waals surface area contributed by atoms with Crippen molar-refractivity contribution in [1.29, 1.82) is 0 Å². The molecule has 0 saturated carbocycles. The number of rotatable bonds is 17. The number of hydroxylamine groups is 4. The number of anilines is 3. The summed E-state index contributed by atoms with van der Waals surface area (Å²) in [5.74, 6) is 2.31. The minimum Gasteiger partial charge on any atom is -0.341 e. The largest absolute Gasteiger partial charge is 0.341 e. The van der Waals surface area contributed by atoms with Gasteiger partial charge < -0.3 is 25.1 Å². The van der Waals surface area contributed by atoms with Gasteiger partial charge in [0.1, 0.15) is 0 Å². The Kier molecular flexibility index (Phi) is 13.8. The number of hydrogen-bond donors (Lipinski definition) is 2. The maximum absolute atomic E-state index is 11.2. The SMILES string of the molecule is CCCCN(CCCC)c1nc(N(CCCC)C2CC(C)(C)N(O)C(C)(C)C2)nc(N(CCCC)C2CC(C)(C)N(O)C(C)(C)C2)n1. The van der Waals surface area contributed by atoms with Gasteiger partial charge in [-0.25, -0.2) is 0 Å². The molecule has 2 N–H and O–H groups in total. The van der Waals surface area contributed by atoms with Crippen molar-refractivity contribution < 1.29 is 10.4 Å². The van der Waals surface area contributed by atoms with E-state index >= 15 is 0 Å². The number of nitrogens with zero attached hydrogens (tertiary/aromatic N) is 8. The highest BCUT2D eigenvalue weighted by atomic mass is 16.5. The fourth-order valence-corrected chi connectivity index (χ4v) is 8.18. The second-order valence-electron chi connectivity index (χ2n) is 17.0. The predicted molar refractivity (Wildman–Crippen MR) is 196 cm³/mol. The Labute approximate surface area is 288 Å². The van der Waals surface area contributed by atoms with Crippen molar-refractivity contribution in [2.24, 2.45) is 0 Å². The lowest BCUT2D eigenvalue weighted by molar-refractivity contribution is -0.244. The van der Waals surface area contributed by atoms with Crippen LogP contribution >= 0.6 is 0 Å². The molecule has 0 spiro atoms. The van der Waals surface area contributed by atoms with Crippen molar-refractivity contribution in [2.75, 3.05) is 40.9 Å². The molecule has 10 heteroatoms. The van der Waals surface area contributed by atoms with Crippen LogP contribution in [0.5, 0.6) is 0 Å². The summed E-state index contributed by atoms with van der Waals surface area (Å²) in [6, 6.07) is 0.356. The van der Waals surface area contributed by atoms with E-state index in [-0.39, 0.29) is 34.2 Å². The monoisotopic (exact) mass is 661 g/mol. The van der Waals surface area contributed by atoms with E-state index in [2.05, 4.69) is 97.8 Å². The maximum Gasteiger partial charge on any atom is 0.232 e. The molecule has 47 heavy (non-hydrogen) atoms. The van der Waals surface area contributed by atoms with Crippen molar-refractivity contribution in [3.8, 4) is 0 Å². The summed E-state index contributed by atoms with van der Waals surface area (Å²) in [6.07, 6.45) is 11.9. The summed E-state index contributed by atoms with van der Waals surface area (Å²) in [5, 5.41) is 25.5. The van der Waals surface area contributed by atoms with E-state index in [1.807, 2.05) is 0 Å². The molecule has 10 nitrogen and oxygen atoms in total. The molecule has 0 unspecified atom stereocenters. The molecule has 1 aromatic rings. The predicted octanol–water partition coefficient (Wildman–Crippen LogP) is 8.31. The van der Waals surface area contributed by atoms with Crippen LogP contribution in [-0.4, -0.2) is 95.9 Å². The number of piperidine rings is 2. The number of hydrogen-bond acceptors (Lipinski definition) is 10. The Bertz CT molecular complexity index is 994. The third-order valence-electron chi connectivity index (χ3n) is 10.6. The molecule has 272 valence electrons. The quantitative estimate of drug-likeness (QED) is 0.170. The first kappa shape index (κ1) is 39.7. The molecular weight excluding hydrogens is 588 g/mol. The standard InChI is InChI=1S/C37H72N8O2/c1-13-17-21-41(22-18-14-2)31-38-32(42(23-19-15-3)29-25-34(5,6)44(46)35(7,8)26-29)40-33(39-31)43(24-20-16-4)30-27-36(9,10)45(47)37(11,12)28-30/h29-30,46-47H,13-28H2,1-12H3. The van der Waals surface area contributed by atoms with Crippen molar-refractivity contribution >= 4 is 17.8 Å². The number of unbranched alkanes of at least 4 members (excludes halogenated alkanes) is 4. The van der Waals surface area contributed by atoms with Crippen LogP contribution in [0.15, 0.2) is 0 Å². The van der Waals surface area contributed by atoms with E-state index in [1.165, 1.54) is 0 Å². The van der Waals surface area contributed by atoms with E-state index in [0.717, 1.165) is 121 Å². The molecule has 0 radical (unpaired) electrons. The Morgan fingerprint density at radius 1 is 0.511 bits per heavy atom. The minimum atomic E-state index is -0.382. The van der Waals surface area contributed by atoms with Gasteiger partial charge in [0.15, 0.2) is 0 Å². The van der Waals surface area contributed by atoms with Gasteiger partial charge in [-0.15, -0.1) is 0 Å². The molecule has 0 bridgehead atoms. The van der Waals surface area contributed by atoms with E-state index in [4.69, 9.17) is 15.0 Å². The lowest BCUT2D eigenvalue weighted by atomic mass is 9.78. The van der Waals surface area contributed by atoms with Crippen LogP contribution < -0.4 is 14.7 Å². The fraction of sp³-hybridized carbons (Fsp3) is 0.919. The van der Waals surface area contributed by atoms with Gasteiger partial charge in [-0.1, -0.05) is 53.4 Å². The first-order chi connectivity index (χ1) is 21.9. The molecule has 2 aliphatic heterocycles. The second-order valence-corrected chi connectivity index (χ2v) is 17.0. The van der Waals surface area contributed by atoms with Gasteiger partial charge >= 0.3 is 0 Å². The summed E-state index contributed by atoms with van der Waals surface area (Å²) in [7, 11) is 0. The zero-order chi connectivity index (χ0) is 35.2. The van der Waals surface area contributed by atoms with E-state index in [9.17, 15) is 10.4 Å². The summed E-state index contributed by atoms with van der Waals surface area (Å²) in [4.78, 5) is 23.4. The summed E-state index contributed by atoms with van der Waals surface area (Å²) in [6.45, 7) is 29.7. The fourth-order valence-electron chi connectivity index (χ4n) is 8.18. The Morgan fingerprint density at radius 3 is 1.09 bits per heavy atom. The van der Waals surface area contributed by atoms with Gasteiger partial charge in [0.2, 0.25) is 17.8 Å². The molecule has 0 amide bonds. The third-order valence-corrected chi connectivity index (χ3v) is 10.6. The summed E-state index contributed by atoms with van der Waals surface area (Å²) >= 11 is 0. The molecule has 0 aliphatic carbocycles. The highest BCUT2D eigenvalue weighted by Gasteiger charge is 2.49. The van der Waals surface area contributed by atoms with Crippen LogP contribution in [0.25, 0.3) is 0 Å². The van der Waals surface area contributed by atoms with Gasteiger partial charge in [0, 0.05) is 60.4 Å². The first-order valence-electron chi connectivity index (χ1n) is 19.0. The smallest absolute Gasteiger partial charge is 0.232 e. The Hall–Kier alpha value is -1.75. The minimum absolute atomic E-state index is 0.178. The van der Waals surface area contributed by atoms with Gasteiger partial charge in [0.05, 0.1) is 0 Å². The van der Waals surface area contributed by atoms with Crippen molar-refractivity contribution in [1.82, 2.24) is 25.1 Å². The number of aromatic nitrogens is 3. The van der Waals surface area contributed by atoms with Crippen LogP contribution in [0, 0.1) is 0 Å². The lowest BCUT2D eigenvalue weighted by Gasteiger charge is -2.54. The van der Waals surface area contributed by atoms with E-state index < -0.39 is 0 Å². The molecule has 1 aromatic heterocycles. The molecule has 3 rings (SSSR count). The average Bonchev–Trinajstić information content (AvgIpc) is 2.98. The van der Waals surface area contributed by atoms with Crippen LogP contribution in [0.3, 0.4) is 0 Å². The third kappa shape index (κ3) is 9.70. The highest BCUT2D eigenvalue weighted by Crippen LogP contribution is 2.42. The topological polar surface area (TPSA) is 95.3 Å². The lowest BCUT2D eigenvalue weighted by Crippen LogP contribution is -2.63. The van der Waals surface area contributed by atoms with Crippen molar-refractivity contribution in [3.05, 3.63) is 0 Å². The Balaban J connectivity index is 2.23. The molecule has 2 saturated heterocycles. The van der Waals surface area contributed by atoms with Crippen LogP contribution in [0.1, 0.15) is 160 Å². The van der Waals surface area contributed by atoms with E-state index in [0.29, 0.717) is 0 Å². The maximum atomic E-state index is 11.2. The van der Waals surface area contributed by atoms with Gasteiger partial charge in [-0.05, 0) is 107 Å². The average molecular weight is 661 g/mol. The van der Waals surface area contributed by atoms with Crippen molar-refractivity contribution in [3.63, 3.8) is 0 Å². The van der Waals surface area contributed by atoms with Crippen molar-refractivity contribution in [2.45, 2.75) is 194 Å². The summed E-state index contributed by atoms with van der Waals surface area (Å²) in [5.41, 5.74) is -1.53. The zero-order valence-corrected chi connectivity index (χ0v) is 32.4. The van der Waals surface area contributed by atoms with Crippen LogP contribution in [0.2, 0.25) is 0 Å². The van der Waals surface area contributed by atoms with Gasteiger partial charge in [-0.2, -0.15) is 25.1 Å². The van der Waals surface area contributed by atoms with E-state index in [1.54, 1.807) is 10.1 Å². The Morgan fingerprint density at radius 2 is 0.787 bits per heavy atom. The van der Waals surface area contributed by atoms with Crippen LogP contribution in [0.4, 0.5) is 17.8 Å². The normalized spacial score (nSPS) is 21.6. The zero-order valence-electron chi connectivity index (χ0n) is 32.4. The second kappa shape index (κ2) is 16.3. The molecule has 2 aliphatic rings. The van der Waals surface area contributed by atoms with Gasteiger partial charge in [-0.3, -0.25) is 0 Å². The summed E-state index contributed by atoms with van der Waals surface area (Å²) < 4.78 is 0. The van der Waals surface area contributed by atoms with Crippen LogP contribution in [-0.2, 0) is 0 Å². The van der Waals surface area contributed by atoms with Gasteiger partial charge in [0.25, 0.3) is 0 Å². The highest BCUT2D eigenvalue weighted by molar-refractivity contribution is 5.48. The molecule has 0 aromatic carbocycles. The first-order valence-corrected chi connectivity index (χ1v) is 19.0. The molecule has 3 heterocycles. The molecular formula is C37H72N8O2. The molecule has 0 atom stereocenters. The molecule has 2 fully saturated rings.